The number of hydrogen-bond acceptors (Lipinski definition) is 2. The molecule has 1 atom stereocenters. The van der Waals surface area contributed by atoms with Crippen LogP contribution in [0.5, 0.6) is 5.75 Å². The Morgan fingerprint density at radius 3 is 2.38 bits per heavy atom. The van der Waals surface area contributed by atoms with Crippen LogP contribution in [0.2, 0.25) is 0 Å². The number of hydrogen-bond donors (Lipinski definition) is 1. The largest absolute Gasteiger partial charge is 0.491 e. The number of halogens is 1. The third-order valence-corrected chi connectivity index (χ3v) is 3.75. The van der Waals surface area contributed by atoms with Gasteiger partial charge in [0, 0.05) is 17.1 Å². The molecule has 0 amide bonds. The van der Waals surface area contributed by atoms with Crippen molar-refractivity contribution in [2.75, 3.05) is 0 Å². The first-order chi connectivity index (χ1) is 10.0. The minimum atomic E-state index is 0.213. The predicted octanol–water partition coefficient (Wildman–Crippen LogP) is 5.09. The fourth-order valence-corrected chi connectivity index (χ4v) is 2.54. The predicted molar refractivity (Wildman–Crippen MR) is 91.6 cm³/mol. The molecule has 2 aromatic rings. The lowest BCUT2D eigenvalue weighted by Crippen LogP contribution is -2.18. The maximum absolute atomic E-state index is 5.65. The van der Waals surface area contributed by atoms with Crippen molar-refractivity contribution >= 4 is 15.9 Å². The normalized spacial score (nSPS) is 12.4. The van der Waals surface area contributed by atoms with Crippen LogP contribution in [0, 0.1) is 0 Å². The fraction of sp³-hybridized carbons (Fsp3) is 0.333. The van der Waals surface area contributed by atoms with E-state index in [0.717, 1.165) is 16.8 Å². The molecule has 112 valence electrons. The van der Waals surface area contributed by atoms with E-state index in [-0.39, 0.29) is 6.10 Å². The Hall–Kier alpha value is -1.32. The summed E-state index contributed by atoms with van der Waals surface area (Å²) in [5.41, 5.74) is 2.54. The summed E-state index contributed by atoms with van der Waals surface area (Å²) in [6.07, 6.45) is 0.213. The maximum atomic E-state index is 5.65. The van der Waals surface area contributed by atoms with E-state index >= 15 is 0 Å². The van der Waals surface area contributed by atoms with Gasteiger partial charge in [-0.15, -0.1) is 0 Å². The summed E-state index contributed by atoms with van der Waals surface area (Å²) in [4.78, 5) is 0. The van der Waals surface area contributed by atoms with Gasteiger partial charge in [-0.25, -0.2) is 0 Å². The van der Waals surface area contributed by atoms with E-state index in [2.05, 4.69) is 58.5 Å². The van der Waals surface area contributed by atoms with Crippen molar-refractivity contribution in [1.82, 2.24) is 5.32 Å². The molecule has 0 spiro atoms. The average Bonchev–Trinajstić information content (AvgIpc) is 2.45. The topological polar surface area (TPSA) is 21.3 Å². The van der Waals surface area contributed by atoms with E-state index in [4.69, 9.17) is 4.74 Å². The van der Waals surface area contributed by atoms with E-state index < -0.39 is 0 Å². The van der Waals surface area contributed by atoms with E-state index in [9.17, 15) is 0 Å². The van der Waals surface area contributed by atoms with Crippen LogP contribution in [-0.4, -0.2) is 6.10 Å². The highest BCUT2D eigenvalue weighted by Crippen LogP contribution is 2.19. The van der Waals surface area contributed by atoms with Gasteiger partial charge in [-0.2, -0.15) is 0 Å². The van der Waals surface area contributed by atoms with Gasteiger partial charge in [0.15, 0.2) is 0 Å². The van der Waals surface area contributed by atoms with Crippen molar-refractivity contribution in [2.24, 2.45) is 0 Å². The standard InChI is InChI=1S/C18H22BrNO/c1-13(2)21-18-9-7-15(8-10-18)12-20-14(3)16-5-4-6-17(19)11-16/h4-11,13-14,20H,12H2,1-3H3/t14-/m0/s1. The number of nitrogens with one attached hydrogen (secondary N) is 1. The Kier molecular flexibility index (Phi) is 5.83. The molecule has 0 aliphatic heterocycles. The summed E-state index contributed by atoms with van der Waals surface area (Å²) in [6, 6.07) is 17.0. The van der Waals surface area contributed by atoms with Crippen molar-refractivity contribution < 1.29 is 4.74 Å². The van der Waals surface area contributed by atoms with E-state index in [1.165, 1.54) is 11.1 Å². The van der Waals surface area contributed by atoms with E-state index in [1.54, 1.807) is 0 Å². The maximum Gasteiger partial charge on any atom is 0.119 e. The first-order valence-corrected chi connectivity index (χ1v) is 8.08. The Bertz CT molecular complexity index is 566. The van der Waals surface area contributed by atoms with Crippen LogP contribution in [0.15, 0.2) is 53.0 Å². The van der Waals surface area contributed by atoms with Gasteiger partial charge in [0.2, 0.25) is 0 Å². The van der Waals surface area contributed by atoms with E-state index in [0.29, 0.717) is 6.04 Å². The smallest absolute Gasteiger partial charge is 0.119 e. The zero-order valence-corrected chi connectivity index (χ0v) is 14.4. The number of benzene rings is 2. The summed E-state index contributed by atoms with van der Waals surface area (Å²) in [5, 5.41) is 3.54. The van der Waals surface area contributed by atoms with Crippen molar-refractivity contribution in [1.29, 1.82) is 0 Å². The molecule has 2 aromatic carbocycles. The highest BCUT2D eigenvalue weighted by molar-refractivity contribution is 9.10. The monoisotopic (exact) mass is 347 g/mol. The van der Waals surface area contributed by atoms with Crippen LogP contribution in [0.1, 0.15) is 37.9 Å². The molecule has 0 aliphatic carbocycles. The van der Waals surface area contributed by atoms with Gasteiger partial charge in [-0.05, 0) is 56.2 Å². The molecule has 21 heavy (non-hydrogen) atoms. The fourth-order valence-electron chi connectivity index (χ4n) is 2.12. The van der Waals surface area contributed by atoms with E-state index in [1.807, 2.05) is 32.0 Å². The summed E-state index contributed by atoms with van der Waals surface area (Å²) >= 11 is 3.51. The van der Waals surface area contributed by atoms with Gasteiger partial charge in [0.05, 0.1) is 6.10 Å². The van der Waals surface area contributed by atoms with Crippen molar-refractivity contribution in [3.05, 3.63) is 64.1 Å². The lowest BCUT2D eigenvalue weighted by Gasteiger charge is -2.15. The zero-order chi connectivity index (χ0) is 15.2. The molecule has 0 aliphatic rings. The second-order valence-corrected chi connectivity index (χ2v) is 6.38. The molecule has 0 fully saturated rings. The summed E-state index contributed by atoms with van der Waals surface area (Å²) in [7, 11) is 0. The number of rotatable bonds is 6. The number of ether oxygens (including phenoxy) is 1. The second-order valence-electron chi connectivity index (χ2n) is 5.47. The van der Waals surface area contributed by atoms with Crippen molar-refractivity contribution in [2.45, 2.75) is 39.5 Å². The van der Waals surface area contributed by atoms with Gasteiger partial charge >= 0.3 is 0 Å². The molecule has 0 aromatic heterocycles. The quantitative estimate of drug-likeness (QED) is 0.785. The molecule has 3 heteroatoms. The van der Waals surface area contributed by atoms with Crippen LogP contribution in [0.4, 0.5) is 0 Å². The molecule has 2 nitrogen and oxygen atoms in total. The van der Waals surface area contributed by atoms with Crippen molar-refractivity contribution in [3.8, 4) is 5.75 Å². The lowest BCUT2D eigenvalue weighted by atomic mass is 10.1. The van der Waals surface area contributed by atoms with Gasteiger partial charge < -0.3 is 10.1 Å². The Morgan fingerprint density at radius 1 is 1.05 bits per heavy atom. The Balaban J connectivity index is 1.90. The first-order valence-electron chi connectivity index (χ1n) is 7.29. The molecule has 0 saturated carbocycles. The SMILES string of the molecule is CC(C)Oc1ccc(CN[C@@H](C)c2cccc(Br)c2)cc1. The second kappa shape index (κ2) is 7.62. The van der Waals surface area contributed by atoms with Crippen molar-refractivity contribution in [3.63, 3.8) is 0 Å². The highest BCUT2D eigenvalue weighted by Gasteiger charge is 2.05. The first kappa shape index (κ1) is 16.1. The molecule has 0 heterocycles. The average molecular weight is 348 g/mol. The van der Waals surface area contributed by atoms with Gasteiger partial charge in [-0.1, -0.05) is 40.2 Å². The highest BCUT2D eigenvalue weighted by atomic mass is 79.9. The van der Waals surface area contributed by atoms with Gasteiger partial charge in [0.1, 0.15) is 5.75 Å². The summed E-state index contributed by atoms with van der Waals surface area (Å²) < 4.78 is 6.77. The molecule has 2 rings (SSSR count). The van der Waals surface area contributed by atoms with Gasteiger partial charge in [0.25, 0.3) is 0 Å². The molecular weight excluding hydrogens is 326 g/mol. The molecule has 0 unspecified atom stereocenters. The van der Waals surface area contributed by atoms with Gasteiger partial charge in [-0.3, -0.25) is 0 Å². The van der Waals surface area contributed by atoms with Crippen LogP contribution in [0.25, 0.3) is 0 Å². The molecule has 0 saturated heterocycles. The molecule has 1 N–H and O–H groups in total. The Morgan fingerprint density at radius 2 is 1.76 bits per heavy atom. The van der Waals surface area contributed by atoms with Crippen LogP contribution >= 0.6 is 15.9 Å². The molecular formula is C18H22BrNO. The minimum Gasteiger partial charge on any atom is -0.491 e. The van der Waals surface area contributed by atoms with Crippen LogP contribution in [0.3, 0.4) is 0 Å². The molecule has 0 bridgehead atoms. The summed E-state index contributed by atoms with van der Waals surface area (Å²) in [5.74, 6) is 0.925. The third-order valence-electron chi connectivity index (χ3n) is 3.26. The Labute approximate surface area is 135 Å². The minimum absolute atomic E-state index is 0.213. The zero-order valence-electron chi connectivity index (χ0n) is 12.8. The van der Waals surface area contributed by atoms with Crippen LogP contribution < -0.4 is 10.1 Å². The summed E-state index contributed by atoms with van der Waals surface area (Å²) in [6.45, 7) is 7.10. The molecule has 0 radical (unpaired) electrons. The lowest BCUT2D eigenvalue weighted by molar-refractivity contribution is 0.242. The third kappa shape index (κ3) is 5.18. The van der Waals surface area contributed by atoms with Crippen LogP contribution in [-0.2, 0) is 6.54 Å².